The van der Waals surface area contributed by atoms with Gasteiger partial charge in [-0.05, 0) is 25.0 Å². The van der Waals surface area contributed by atoms with Gasteiger partial charge in [-0.3, -0.25) is 14.7 Å². The van der Waals surface area contributed by atoms with E-state index in [1.165, 1.54) is 0 Å². The smallest absolute Gasteiger partial charge is 0.222 e. The molecule has 1 aromatic carbocycles. The number of amides is 1. The maximum absolute atomic E-state index is 12.0. The van der Waals surface area contributed by atoms with E-state index in [2.05, 4.69) is 28.5 Å². The van der Waals surface area contributed by atoms with Crippen LogP contribution in [0.5, 0.6) is 0 Å². The lowest BCUT2D eigenvalue weighted by atomic mass is 10.0. The maximum Gasteiger partial charge on any atom is 0.222 e. The highest BCUT2D eigenvalue weighted by molar-refractivity contribution is 14.0. The molecule has 31 heavy (non-hydrogen) atoms. The first-order valence-corrected chi connectivity index (χ1v) is 11.4. The summed E-state index contributed by atoms with van der Waals surface area (Å²) >= 11 is 6.54. The van der Waals surface area contributed by atoms with Crippen LogP contribution in [-0.4, -0.2) is 80.2 Å². The Balaban J connectivity index is 0.00000341. The Morgan fingerprint density at radius 2 is 2.00 bits per heavy atom. The summed E-state index contributed by atoms with van der Waals surface area (Å²) in [6.07, 6.45) is 1.49. The minimum Gasteiger partial charge on any atom is -0.379 e. The van der Waals surface area contributed by atoms with Crippen LogP contribution < -0.4 is 10.6 Å². The second-order valence-corrected chi connectivity index (χ2v) is 8.14. The molecule has 2 aliphatic rings. The molecular weight excluding hydrogens is 529 g/mol. The summed E-state index contributed by atoms with van der Waals surface area (Å²) in [5, 5.41) is 7.64. The molecule has 2 aliphatic heterocycles. The van der Waals surface area contributed by atoms with E-state index in [-0.39, 0.29) is 42.0 Å². The molecule has 1 amide bonds. The van der Waals surface area contributed by atoms with Crippen molar-refractivity contribution in [2.45, 2.75) is 38.8 Å². The average Bonchev–Trinajstić information content (AvgIpc) is 3.24. The SMILES string of the molecule is CCNC(=NCC(c1ccccc1Cl)N1CCOCC1)NC1CCN(C(=O)CC)C1.I. The number of benzene rings is 1. The summed E-state index contributed by atoms with van der Waals surface area (Å²) in [7, 11) is 0. The standard InChI is InChI=1S/C22H34ClN5O2.HI/c1-3-21(29)28-10-9-17(16-28)26-22(24-4-2)25-15-20(27-11-13-30-14-12-27)18-7-5-6-8-19(18)23;/h5-8,17,20H,3-4,9-16H2,1-2H3,(H2,24,25,26);1H. The number of hydrogen-bond acceptors (Lipinski definition) is 4. The first-order chi connectivity index (χ1) is 14.6. The number of aliphatic imine (C=N–C) groups is 1. The average molecular weight is 564 g/mol. The Kier molecular flexibility index (Phi) is 11.3. The topological polar surface area (TPSA) is 69.2 Å². The zero-order valence-corrected chi connectivity index (χ0v) is 21.6. The van der Waals surface area contributed by atoms with Crippen LogP contribution in [0.25, 0.3) is 0 Å². The molecule has 174 valence electrons. The van der Waals surface area contributed by atoms with E-state index in [4.69, 9.17) is 21.3 Å². The van der Waals surface area contributed by atoms with E-state index in [0.29, 0.717) is 13.0 Å². The van der Waals surface area contributed by atoms with Gasteiger partial charge in [0.15, 0.2) is 5.96 Å². The number of halogens is 2. The third kappa shape index (κ3) is 7.47. The fourth-order valence-electron chi connectivity index (χ4n) is 4.06. The molecule has 0 radical (unpaired) electrons. The van der Waals surface area contributed by atoms with Crippen molar-refractivity contribution in [3.8, 4) is 0 Å². The van der Waals surface area contributed by atoms with Crippen molar-refractivity contribution in [2.75, 3.05) is 52.5 Å². The maximum atomic E-state index is 12.0. The van der Waals surface area contributed by atoms with Crippen LogP contribution in [0.2, 0.25) is 5.02 Å². The molecule has 0 aromatic heterocycles. The summed E-state index contributed by atoms with van der Waals surface area (Å²) in [5.41, 5.74) is 1.10. The lowest BCUT2D eigenvalue weighted by molar-refractivity contribution is -0.129. The molecule has 2 atom stereocenters. The molecule has 2 heterocycles. The summed E-state index contributed by atoms with van der Waals surface area (Å²) in [6.45, 7) is 10.1. The second kappa shape index (κ2) is 13.4. The number of ether oxygens (including phenoxy) is 1. The molecule has 0 spiro atoms. The number of carbonyl (C=O) groups is 1. The van der Waals surface area contributed by atoms with Gasteiger partial charge in [0.05, 0.1) is 25.8 Å². The lowest BCUT2D eigenvalue weighted by Gasteiger charge is -2.34. The van der Waals surface area contributed by atoms with Gasteiger partial charge in [0.2, 0.25) is 5.91 Å². The van der Waals surface area contributed by atoms with Crippen molar-refractivity contribution in [2.24, 2.45) is 4.99 Å². The van der Waals surface area contributed by atoms with Crippen LogP contribution in [0, 0.1) is 0 Å². The van der Waals surface area contributed by atoms with Crippen LogP contribution in [0.1, 0.15) is 38.3 Å². The highest BCUT2D eigenvalue weighted by Gasteiger charge is 2.27. The van der Waals surface area contributed by atoms with Crippen molar-refractivity contribution in [3.63, 3.8) is 0 Å². The fourth-order valence-corrected chi connectivity index (χ4v) is 4.33. The minimum atomic E-state index is 0. The van der Waals surface area contributed by atoms with Gasteiger partial charge >= 0.3 is 0 Å². The van der Waals surface area contributed by atoms with E-state index in [0.717, 1.165) is 68.9 Å². The molecule has 0 aliphatic carbocycles. The van der Waals surface area contributed by atoms with Gasteiger partial charge in [-0.25, -0.2) is 0 Å². The Bertz CT molecular complexity index is 730. The summed E-state index contributed by atoms with van der Waals surface area (Å²) in [4.78, 5) is 21.2. The van der Waals surface area contributed by atoms with Crippen molar-refractivity contribution in [1.82, 2.24) is 20.4 Å². The Morgan fingerprint density at radius 3 is 2.68 bits per heavy atom. The molecule has 2 saturated heterocycles. The predicted octanol–water partition coefficient (Wildman–Crippen LogP) is 2.90. The Hall–Kier alpha value is -1.10. The van der Waals surface area contributed by atoms with Crippen LogP contribution >= 0.6 is 35.6 Å². The molecule has 9 heteroatoms. The molecule has 2 N–H and O–H groups in total. The van der Waals surface area contributed by atoms with E-state index >= 15 is 0 Å². The summed E-state index contributed by atoms with van der Waals surface area (Å²) in [6, 6.07) is 8.33. The van der Waals surface area contributed by atoms with Gasteiger partial charge in [-0.2, -0.15) is 0 Å². The zero-order valence-electron chi connectivity index (χ0n) is 18.5. The first kappa shape index (κ1) is 26.2. The van der Waals surface area contributed by atoms with Gasteiger partial charge in [0.25, 0.3) is 0 Å². The van der Waals surface area contributed by atoms with E-state index in [1.807, 2.05) is 30.0 Å². The second-order valence-electron chi connectivity index (χ2n) is 7.73. The third-order valence-electron chi connectivity index (χ3n) is 5.70. The van der Waals surface area contributed by atoms with E-state index in [9.17, 15) is 4.79 Å². The van der Waals surface area contributed by atoms with Crippen LogP contribution in [0.3, 0.4) is 0 Å². The molecule has 7 nitrogen and oxygen atoms in total. The fraction of sp³-hybridized carbons (Fsp3) is 0.636. The molecule has 0 bridgehead atoms. The number of guanidine groups is 1. The highest BCUT2D eigenvalue weighted by atomic mass is 127. The van der Waals surface area contributed by atoms with Crippen molar-refractivity contribution in [3.05, 3.63) is 34.9 Å². The quantitative estimate of drug-likeness (QED) is 0.303. The molecule has 2 unspecified atom stereocenters. The molecule has 1 aromatic rings. The van der Waals surface area contributed by atoms with Crippen LogP contribution in [0.15, 0.2) is 29.3 Å². The number of nitrogens with one attached hydrogen (secondary N) is 2. The summed E-state index contributed by atoms with van der Waals surface area (Å²) in [5.74, 6) is 1.01. The Morgan fingerprint density at radius 1 is 1.26 bits per heavy atom. The van der Waals surface area contributed by atoms with Gasteiger partial charge in [0.1, 0.15) is 0 Å². The van der Waals surface area contributed by atoms with Crippen molar-refractivity contribution < 1.29 is 9.53 Å². The van der Waals surface area contributed by atoms with Crippen LogP contribution in [0.4, 0.5) is 0 Å². The normalized spacial score (nSPS) is 20.8. The van der Waals surface area contributed by atoms with Crippen molar-refractivity contribution in [1.29, 1.82) is 0 Å². The monoisotopic (exact) mass is 563 g/mol. The van der Waals surface area contributed by atoms with Gasteiger partial charge in [-0.1, -0.05) is 36.7 Å². The molecular formula is C22H35ClIN5O2. The van der Waals surface area contributed by atoms with Gasteiger partial charge in [-0.15, -0.1) is 24.0 Å². The van der Waals surface area contributed by atoms with Crippen molar-refractivity contribution >= 4 is 47.4 Å². The minimum absolute atomic E-state index is 0. The number of rotatable bonds is 7. The molecule has 3 rings (SSSR count). The number of nitrogens with zero attached hydrogens (tertiary/aromatic N) is 3. The predicted molar refractivity (Wildman–Crippen MR) is 136 cm³/mol. The van der Waals surface area contributed by atoms with Gasteiger partial charge in [0, 0.05) is 50.2 Å². The summed E-state index contributed by atoms with van der Waals surface area (Å²) < 4.78 is 5.54. The number of carbonyl (C=O) groups excluding carboxylic acids is 1. The van der Waals surface area contributed by atoms with Crippen LogP contribution in [-0.2, 0) is 9.53 Å². The number of hydrogen-bond donors (Lipinski definition) is 2. The Labute approximate surface area is 207 Å². The van der Waals surface area contributed by atoms with E-state index < -0.39 is 0 Å². The first-order valence-electron chi connectivity index (χ1n) is 11.0. The highest BCUT2D eigenvalue weighted by Crippen LogP contribution is 2.28. The van der Waals surface area contributed by atoms with E-state index in [1.54, 1.807) is 0 Å². The number of likely N-dealkylation sites (tertiary alicyclic amines) is 1. The molecule has 0 saturated carbocycles. The largest absolute Gasteiger partial charge is 0.379 e. The van der Waals surface area contributed by atoms with Gasteiger partial charge < -0.3 is 20.3 Å². The third-order valence-corrected chi connectivity index (χ3v) is 6.05. The lowest BCUT2D eigenvalue weighted by Crippen LogP contribution is -2.46. The zero-order chi connectivity index (χ0) is 21.3. The number of morpholine rings is 1. The molecule has 2 fully saturated rings.